The van der Waals surface area contributed by atoms with Crippen molar-refractivity contribution >= 4 is 11.8 Å². The first-order valence-electron chi connectivity index (χ1n) is 7.42. The van der Waals surface area contributed by atoms with Gasteiger partial charge in [-0.15, -0.1) is 0 Å². The van der Waals surface area contributed by atoms with Crippen molar-refractivity contribution in [2.75, 3.05) is 0 Å². The van der Waals surface area contributed by atoms with Crippen molar-refractivity contribution in [3.8, 4) is 0 Å². The molecule has 0 bridgehead atoms. The van der Waals surface area contributed by atoms with Gasteiger partial charge in [0.2, 0.25) is 0 Å². The molecule has 2 amide bonds. The van der Waals surface area contributed by atoms with Gasteiger partial charge in [-0.3, -0.25) is 25.4 Å². The molecule has 2 aromatic rings. The van der Waals surface area contributed by atoms with Crippen LogP contribution in [0.5, 0.6) is 0 Å². The van der Waals surface area contributed by atoms with E-state index in [1.54, 1.807) is 30.5 Å². The maximum atomic E-state index is 12.2. The highest BCUT2D eigenvalue weighted by Gasteiger charge is 2.17. The molecule has 1 aromatic heterocycles. The summed E-state index contributed by atoms with van der Waals surface area (Å²) >= 11 is 0. The molecule has 0 atom stereocenters. The molecule has 0 fully saturated rings. The van der Waals surface area contributed by atoms with E-state index in [1.807, 2.05) is 39.8 Å². The number of amides is 2. The fraction of sp³-hybridized carbons (Fsp3) is 0.278. The van der Waals surface area contributed by atoms with Gasteiger partial charge in [0.1, 0.15) is 0 Å². The Balaban J connectivity index is 2.06. The molecule has 0 aliphatic rings. The monoisotopic (exact) mass is 311 g/mol. The van der Waals surface area contributed by atoms with Gasteiger partial charge in [-0.1, -0.05) is 39.0 Å². The lowest BCUT2D eigenvalue weighted by molar-refractivity contribution is 0.0846. The molecular formula is C18H21N3O2. The highest BCUT2D eigenvalue weighted by Crippen LogP contribution is 2.20. The van der Waals surface area contributed by atoms with Gasteiger partial charge in [0.15, 0.2) is 0 Å². The topological polar surface area (TPSA) is 71.1 Å². The van der Waals surface area contributed by atoms with Gasteiger partial charge in [-0.2, -0.15) is 0 Å². The average molecular weight is 311 g/mol. The molecule has 1 aromatic carbocycles. The van der Waals surface area contributed by atoms with Crippen LogP contribution in [0.3, 0.4) is 0 Å². The third-order valence-electron chi connectivity index (χ3n) is 3.47. The molecule has 0 unspecified atom stereocenters. The summed E-state index contributed by atoms with van der Waals surface area (Å²) in [4.78, 5) is 28.6. The van der Waals surface area contributed by atoms with Crippen LogP contribution in [0.4, 0.5) is 0 Å². The molecule has 0 radical (unpaired) electrons. The number of hydrazine groups is 1. The molecule has 2 rings (SSSR count). The number of hydrogen-bond donors (Lipinski definition) is 2. The summed E-state index contributed by atoms with van der Waals surface area (Å²) in [6.45, 7) is 7.92. The number of rotatable bonds is 2. The first-order valence-corrected chi connectivity index (χ1v) is 7.42. The van der Waals surface area contributed by atoms with Crippen molar-refractivity contribution < 1.29 is 9.59 Å². The molecule has 0 saturated carbocycles. The second-order valence-electron chi connectivity index (χ2n) is 6.40. The molecule has 0 saturated heterocycles. The Bertz CT molecular complexity index is 733. The Kier molecular flexibility index (Phi) is 4.79. The summed E-state index contributed by atoms with van der Waals surface area (Å²) in [7, 11) is 0. The van der Waals surface area contributed by atoms with Crippen molar-refractivity contribution in [2.24, 2.45) is 0 Å². The quantitative estimate of drug-likeness (QED) is 0.838. The van der Waals surface area contributed by atoms with Gasteiger partial charge < -0.3 is 0 Å². The van der Waals surface area contributed by atoms with E-state index in [2.05, 4.69) is 15.8 Å². The van der Waals surface area contributed by atoms with E-state index >= 15 is 0 Å². The third kappa shape index (κ3) is 4.16. The van der Waals surface area contributed by atoms with E-state index in [0.717, 1.165) is 11.3 Å². The van der Waals surface area contributed by atoms with E-state index in [-0.39, 0.29) is 17.2 Å². The zero-order valence-electron chi connectivity index (χ0n) is 13.8. The van der Waals surface area contributed by atoms with Crippen LogP contribution in [-0.4, -0.2) is 16.8 Å². The van der Waals surface area contributed by atoms with Gasteiger partial charge in [0.25, 0.3) is 11.8 Å². The molecule has 0 aliphatic carbocycles. The number of benzene rings is 1. The van der Waals surface area contributed by atoms with Crippen LogP contribution in [0.1, 0.15) is 52.7 Å². The Morgan fingerprint density at radius 1 is 1.00 bits per heavy atom. The minimum atomic E-state index is -0.375. The molecule has 1 heterocycles. The zero-order valence-corrected chi connectivity index (χ0v) is 13.8. The smallest absolute Gasteiger partial charge is 0.267 e. The fourth-order valence-corrected chi connectivity index (χ4v) is 2.06. The van der Waals surface area contributed by atoms with Crippen LogP contribution in [-0.2, 0) is 5.41 Å². The molecular weight excluding hydrogens is 290 g/mol. The number of nitrogens with zero attached hydrogens (tertiary/aromatic N) is 1. The van der Waals surface area contributed by atoms with Crippen molar-refractivity contribution in [2.45, 2.75) is 33.1 Å². The molecule has 5 nitrogen and oxygen atoms in total. The second-order valence-corrected chi connectivity index (χ2v) is 6.40. The maximum absolute atomic E-state index is 12.2. The summed E-state index contributed by atoms with van der Waals surface area (Å²) in [5.74, 6) is -0.721. The molecule has 2 N–H and O–H groups in total. The van der Waals surface area contributed by atoms with Gasteiger partial charge in [-0.25, -0.2) is 0 Å². The first kappa shape index (κ1) is 16.7. The number of aryl methyl sites for hydroxylation is 1. The molecule has 0 aliphatic heterocycles. The predicted octanol–water partition coefficient (Wildman–Crippen LogP) is 2.76. The van der Waals surface area contributed by atoms with Crippen molar-refractivity contribution in [1.29, 1.82) is 0 Å². The van der Waals surface area contributed by atoms with Gasteiger partial charge in [0.05, 0.1) is 0 Å². The second kappa shape index (κ2) is 6.60. The van der Waals surface area contributed by atoms with Gasteiger partial charge >= 0.3 is 0 Å². The van der Waals surface area contributed by atoms with Crippen LogP contribution in [0, 0.1) is 6.92 Å². The third-order valence-corrected chi connectivity index (χ3v) is 3.47. The fourth-order valence-electron chi connectivity index (χ4n) is 2.06. The Hall–Kier alpha value is -2.69. The van der Waals surface area contributed by atoms with Crippen LogP contribution in [0.2, 0.25) is 0 Å². The van der Waals surface area contributed by atoms with E-state index in [1.165, 1.54) is 0 Å². The summed E-state index contributed by atoms with van der Waals surface area (Å²) in [6.07, 6.45) is 1.60. The summed E-state index contributed by atoms with van der Waals surface area (Å²) in [5.41, 5.74) is 7.36. The highest BCUT2D eigenvalue weighted by atomic mass is 16.2. The zero-order chi connectivity index (χ0) is 17.0. The van der Waals surface area contributed by atoms with Crippen LogP contribution in [0.15, 0.2) is 42.6 Å². The largest absolute Gasteiger partial charge is 0.269 e. The molecule has 0 spiro atoms. The van der Waals surface area contributed by atoms with Crippen molar-refractivity contribution in [3.05, 3.63) is 65.0 Å². The normalized spacial score (nSPS) is 11.0. The SMILES string of the molecule is Cc1ccccc1C(=O)NNC(=O)c1ccnc(C(C)(C)C)c1. The number of carbonyl (C=O) groups excluding carboxylic acids is 2. The Morgan fingerprint density at radius 3 is 2.30 bits per heavy atom. The number of nitrogens with one attached hydrogen (secondary N) is 2. The number of carbonyl (C=O) groups is 2. The number of pyridine rings is 1. The summed E-state index contributed by atoms with van der Waals surface area (Å²) in [5, 5.41) is 0. The van der Waals surface area contributed by atoms with E-state index in [0.29, 0.717) is 11.1 Å². The Labute approximate surface area is 136 Å². The number of hydrogen-bond acceptors (Lipinski definition) is 3. The molecule has 23 heavy (non-hydrogen) atoms. The minimum Gasteiger partial charge on any atom is -0.267 e. The maximum Gasteiger partial charge on any atom is 0.269 e. The molecule has 120 valence electrons. The lowest BCUT2D eigenvalue weighted by atomic mass is 9.91. The van der Waals surface area contributed by atoms with Gasteiger partial charge in [0, 0.05) is 28.4 Å². The molecule has 5 heteroatoms. The van der Waals surface area contributed by atoms with Crippen LogP contribution >= 0.6 is 0 Å². The highest BCUT2D eigenvalue weighted by molar-refractivity contribution is 5.99. The van der Waals surface area contributed by atoms with Crippen LogP contribution < -0.4 is 10.9 Å². The first-order chi connectivity index (χ1) is 10.8. The van der Waals surface area contributed by atoms with Crippen molar-refractivity contribution in [3.63, 3.8) is 0 Å². The van der Waals surface area contributed by atoms with E-state index in [4.69, 9.17) is 0 Å². The average Bonchev–Trinajstić information content (AvgIpc) is 2.52. The van der Waals surface area contributed by atoms with E-state index in [9.17, 15) is 9.59 Å². The lowest BCUT2D eigenvalue weighted by Gasteiger charge is -2.18. The minimum absolute atomic E-state index is 0.152. The van der Waals surface area contributed by atoms with Crippen LogP contribution in [0.25, 0.3) is 0 Å². The lowest BCUT2D eigenvalue weighted by Crippen LogP contribution is -2.42. The van der Waals surface area contributed by atoms with Gasteiger partial charge in [-0.05, 0) is 30.7 Å². The standard InChI is InChI=1S/C18H21N3O2/c1-12-7-5-6-8-14(12)17(23)21-20-16(22)13-9-10-19-15(11-13)18(2,3)4/h5-11H,1-4H3,(H,20,22)(H,21,23). The van der Waals surface area contributed by atoms with Crippen molar-refractivity contribution in [1.82, 2.24) is 15.8 Å². The van der Waals surface area contributed by atoms with E-state index < -0.39 is 0 Å². The predicted molar refractivity (Wildman–Crippen MR) is 89.0 cm³/mol. The summed E-state index contributed by atoms with van der Waals surface area (Å²) in [6, 6.07) is 10.5. The number of aromatic nitrogens is 1. The Morgan fingerprint density at radius 2 is 1.65 bits per heavy atom. The summed E-state index contributed by atoms with van der Waals surface area (Å²) < 4.78 is 0.